The second-order valence-electron chi connectivity index (χ2n) is 8.98. The third-order valence-corrected chi connectivity index (χ3v) is 8.66. The maximum atomic E-state index is 10.3. The normalized spacial score (nSPS) is 21.0. The first-order chi connectivity index (χ1) is 16.4. The summed E-state index contributed by atoms with van der Waals surface area (Å²) in [7, 11) is 0. The molecule has 0 heterocycles. The van der Waals surface area contributed by atoms with Gasteiger partial charge >= 0.3 is 0 Å². The number of aryl methyl sites for hydroxylation is 2. The predicted molar refractivity (Wildman–Crippen MR) is 138 cm³/mol. The Labute approximate surface area is 213 Å². The summed E-state index contributed by atoms with van der Waals surface area (Å²) >= 11 is 5.24. The van der Waals surface area contributed by atoms with Crippen LogP contribution in [0.1, 0.15) is 47.4 Å². The largest absolute Gasteiger partial charge is 0.399 e. The van der Waals surface area contributed by atoms with Crippen LogP contribution >= 0.6 is 27.7 Å². The lowest BCUT2D eigenvalue weighted by Crippen LogP contribution is -2.43. The fourth-order valence-electron chi connectivity index (χ4n) is 5.32. The topological polar surface area (TPSA) is 97.4 Å². The molecule has 2 N–H and O–H groups in total. The zero-order valence-corrected chi connectivity index (χ0v) is 21.6. The third-order valence-electron chi connectivity index (χ3n) is 7.07. The number of rotatable bonds is 4. The second kappa shape index (κ2) is 9.71. The van der Waals surface area contributed by atoms with Crippen LogP contribution in [-0.2, 0) is 5.75 Å². The lowest BCUT2D eigenvalue weighted by molar-refractivity contribution is 0.316. The van der Waals surface area contributed by atoms with Gasteiger partial charge in [-0.15, -0.1) is 11.8 Å². The van der Waals surface area contributed by atoms with Crippen molar-refractivity contribution in [3.63, 3.8) is 0 Å². The molecule has 170 valence electrons. The molecule has 0 saturated heterocycles. The van der Waals surface area contributed by atoms with E-state index in [1.54, 1.807) is 11.8 Å². The first-order valence-corrected chi connectivity index (χ1v) is 13.1. The average molecular weight is 530 g/mol. The van der Waals surface area contributed by atoms with Gasteiger partial charge in [0, 0.05) is 21.0 Å². The van der Waals surface area contributed by atoms with Crippen molar-refractivity contribution < 1.29 is 0 Å². The maximum absolute atomic E-state index is 10.3. The maximum Gasteiger partial charge on any atom is 0.191 e. The van der Waals surface area contributed by atoms with Crippen LogP contribution in [0.15, 0.2) is 68.7 Å². The molecule has 34 heavy (non-hydrogen) atoms. The number of hydrogen-bond donors (Lipinski definition) is 1. The van der Waals surface area contributed by atoms with Gasteiger partial charge in [-0.1, -0.05) is 34.1 Å². The first kappa shape index (κ1) is 24.2. The Kier molecular flexibility index (Phi) is 6.90. The summed E-state index contributed by atoms with van der Waals surface area (Å²) in [6, 6.07) is 19.3. The van der Waals surface area contributed by atoms with Crippen LogP contribution in [0.4, 0.5) is 0 Å². The van der Waals surface area contributed by atoms with E-state index in [0.717, 1.165) is 46.2 Å². The van der Waals surface area contributed by atoms with Crippen LogP contribution in [0.2, 0.25) is 0 Å². The molecule has 2 atom stereocenters. The van der Waals surface area contributed by atoms with Crippen molar-refractivity contribution in [1.29, 1.82) is 15.8 Å². The zero-order chi connectivity index (χ0) is 24.5. The summed E-state index contributed by atoms with van der Waals surface area (Å²) in [5.74, 6) is 0.286. The lowest BCUT2D eigenvalue weighted by Gasteiger charge is -2.44. The molecule has 2 aromatic rings. The molecule has 0 radical (unpaired) electrons. The Bertz CT molecular complexity index is 1300. The number of halogens is 1. The third kappa shape index (κ3) is 4.05. The molecule has 2 aliphatic carbocycles. The highest BCUT2D eigenvalue weighted by Gasteiger charge is 2.54. The van der Waals surface area contributed by atoms with Gasteiger partial charge in [-0.25, -0.2) is 0 Å². The molecule has 2 unspecified atom stereocenters. The number of nitriles is 3. The molecule has 0 fully saturated rings. The molecule has 2 aliphatic rings. The SMILES string of the molecule is Cc1cc(C)c(C2C3CCCC=C3C(C#N)=C(N)C2(C#N)C#N)cc1CSc1ccc(Br)cc1. The summed E-state index contributed by atoms with van der Waals surface area (Å²) in [6.07, 6.45) is 4.76. The van der Waals surface area contributed by atoms with E-state index >= 15 is 0 Å². The smallest absolute Gasteiger partial charge is 0.191 e. The number of nitrogens with zero attached hydrogens (tertiary/aromatic N) is 3. The Balaban J connectivity index is 1.83. The number of fused-ring (bicyclic) bond motifs is 1. The van der Waals surface area contributed by atoms with Crippen LogP contribution in [-0.4, -0.2) is 0 Å². The minimum Gasteiger partial charge on any atom is -0.399 e. The van der Waals surface area contributed by atoms with Gasteiger partial charge in [0.1, 0.15) is 6.07 Å². The highest BCUT2D eigenvalue weighted by atomic mass is 79.9. The minimum absolute atomic E-state index is 0.0802. The Morgan fingerprint density at radius 2 is 1.79 bits per heavy atom. The summed E-state index contributed by atoms with van der Waals surface area (Å²) in [5, 5.41) is 30.5. The van der Waals surface area contributed by atoms with Gasteiger partial charge in [0.25, 0.3) is 0 Å². The fourth-order valence-corrected chi connectivity index (χ4v) is 6.54. The number of allylic oxidation sites excluding steroid dienone is 4. The molecule has 0 spiro atoms. The van der Waals surface area contributed by atoms with Crippen molar-refractivity contribution in [1.82, 2.24) is 0 Å². The molecule has 4 nitrogen and oxygen atoms in total. The number of thioether (sulfide) groups is 1. The number of hydrogen-bond acceptors (Lipinski definition) is 5. The van der Waals surface area contributed by atoms with Crippen molar-refractivity contribution >= 4 is 27.7 Å². The number of benzene rings is 2. The zero-order valence-electron chi connectivity index (χ0n) is 19.2. The van der Waals surface area contributed by atoms with Gasteiger partial charge in [0.15, 0.2) is 5.41 Å². The average Bonchev–Trinajstić information content (AvgIpc) is 2.84. The van der Waals surface area contributed by atoms with E-state index in [9.17, 15) is 15.8 Å². The molecule has 0 bridgehead atoms. The van der Waals surface area contributed by atoms with E-state index in [1.807, 2.05) is 19.1 Å². The summed E-state index contributed by atoms with van der Waals surface area (Å²) < 4.78 is 1.05. The molecule has 0 aliphatic heterocycles. The van der Waals surface area contributed by atoms with Crippen LogP contribution in [0.5, 0.6) is 0 Å². The second-order valence-corrected chi connectivity index (χ2v) is 10.9. The molecule has 0 amide bonds. The van der Waals surface area contributed by atoms with E-state index in [4.69, 9.17) is 5.73 Å². The highest BCUT2D eigenvalue weighted by molar-refractivity contribution is 9.10. The lowest BCUT2D eigenvalue weighted by atomic mass is 9.56. The van der Waals surface area contributed by atoms with Gasteiger partial charge in [-0.05, 0) is 91.1 Å². The van der Waals surface area contributed by atoms with E-state index in [-0.39, 0.29) is 11.6 Å². The molecular weight excluding hydrogens is 504 g/mol. The van der Waals surface area contributed by atoms with E-state index in [1.165, 1.54) is 16.0 Å². The van der Waals surface area contributed by atoms with Crippen molar-refractivity contribution in [2.24, 2.45) is 17.1 Å². The van der Waals surface area contributed by atoms with Gasteiger partial charge in [-0.3, -0.25) is 0 Å². The monoisotopic (exact) mass is 528 g/mol. The standard InChI is InChI=1S/C28H25BrN4S/c1-17-11-18(2)24(12-19(17)14-34-21-9-7-20(29)8-10-21)26-23-6-4-3-5-22(23)25(13-30)27(33)28(26,15-31)16-32/h5,7-12,23,26H,3-4,6,14,33H2,1-2H3. The molecule has 2 aromatic carbocycles. The Morgan fingerprint density at radius 3 is 2.44 bits per heavy atom. The van der Waals surface area contributed by atoms with E-state index < -0.39 is 11.3 Å². The van der Waals surface area contributed by atoms with Crippen LogP contribution in [0, 0.1) is 59.2 Å². The van der Waals surface area contributed by atoms with Crippen molar-refractivity contribution in [2.45, 2.75) is 49.7 Å². The van der Waals surface area contributed by atoms with E-state index in [0.29, 0.717) is 5.57 Å². The highest BCUT2D eigenvalue weighted by Crippen LogP contribution is 2.56. The van der Waals surface area contributed by atoms with Crippen molar-refractivity contribution in [3.8, 4) is 18.2 Å². The van der Waals surface area contributed by atoms with Gasteiger partial charge < -0.3 is 5.73 Å². The quantitative estimate of drug-likeness (QED) is 0.432. The first-order valence-electron chi connectivity index (χ1n) is 11.3. The fraction of sp³-hybridized carbons (Fsp3) is 0.321. The molecule has 0 saturated carbocycles. The summed E-state index contributed by atoms with van der Waals surface area (Å²) in [4.78, 5) is 1.18. The van der Waals surface area contributed by atoms with Gasteiger partial charge in [0.2, 0.25) is 0 Å². The van der Waals surface area contributed by atoms with Crippen LogP contribution in [0.3, 0.4) is 0 Å². The predicted octanol–water partition coefficient (Wildman–Crippen LogP) is 6.95. The van der Waals surface area contributed by atoms with Crippen LogP contribution < -0.4 is 5.73 Å². The minimum atomic E-state index is -1.57. The number of nitrogens with two attached hydrogens (primary N) is 1. The van der Waals surface area contributed by atoms with Gasteiger partial charge in [-0.2, -0.15) is 15.8 Å². The molecule has 0 aromatic heterocycles. The van der Waals surface area contributed by atoms with Crippen LogP contribution in [0.25, 0.3) is 0 Å². The summed E-state index contributed by atoms with van der Waals surface area (Å²) in [6.45, 7) is 4.14. The summed E-state index contributed by atoms with van der Waals surface area (Å²) in [5.41, 5.74) is 10.6. The van der Waals surface area contributed by atoms with Crippen molar-refractivity contribution in [3.05, 3.63) is 86.0 Å². The van der Waals surface area contributed by atoms with Gasteiger partial charge in [0.05, 0.1) is 23.4 Å². The molecule has 6 heteroatoms. The Morgan fingerprint density at radius 1 is 1.09 bits per heavy atom. The van der Waals surface area contributed by atoms with Crippen molar-refractivity contribution in [2.75, 3.05) is 0 Å². The van der Waals surface area contributed by atoms with E-state index in [2.05, 4.69) is 71.4 Å². The Hall–Kier alpha value is -2.98. The molecule has 4 rings (SSSR count). The molecular formula is C28H25BrN4S.